The zero-order chi connectivity index (χ0) is 21.1. The number of rotatable bonds is 5. The van der Waals surface area contributed by atoms with Crippen LogP contribution in [0.25, 0.3) is 0 Å². The number of methoxy groups -OCH3 is 1. The van der Waals surface area contributed by atoms with Gasteiger partial charge in [0.05, 0.1) is 20.3 Å². The van der Waals surface area contributed by atoms with E-state index in [4.69, 9.17) is 21.1 Å². The Morgan fingerprint density at radius 3 is 2.10 bits per heavy atom. The summed E-state index contributed by atoms with van der Waals surface area (Å²) >= 11 is 6.02. The highest BCUT2D eigenvalue weighted by Gasteiger charge is 2.31. The summed E-state index contributed by atoms with van der Waals surface area (Å²) in [6.45, 7) is 4.71. The second kappa shape index (κ2) is 8.93. The smallest absolute Gasteiger partial charge is 0.246 e. The summed E-state index contributed by atoms with van der Waals surface area (Å²) in [5.74, 6) is 1.85. The SMILES string of the molecule is COc1ccc(Cl)cc1S(=O)(=O)N1CCN(c2ccc(N3CCOCC3)nn2)CC1. The molecule has 11 heteroatoms. The lowest BCUT2D eigenvalue weighted by Gasteiger charge is -2.35. The number of nitrogens with zero attached hydrogens (tertiary/aromatic N) is 5. The van der Waals surface area contributed by atoms with E-state index < -0.39 is 10.0 Å². The van der Waals surface area contributed by atoms with E-state index in [1.54, 1.807) is 12.1 Å². The fourth-order valence-electron chi connectivity index (χ4n) is 3.60. The molecule has 1 aromatic carbocycles. The molecule has 0 amide bonds. The maximum Gasteiger partial charge on any atom is 0.246 e. The molecule has 4 rings (SSSR count). The van der Waals surface area contributed by atoms with Gasteiger partial charge in [0.2, 0.25) is 10.0 Å². The number of ether oxygens (including phenoxy) is 2. The molecule has 2 aromatic rings. The Labute approximate surface area is 181 Å². The lowest BCUT2D eigenvalue weighted by Crippen LogP contribution is -2.49. The molecule has 9 nitrogen and oxygen atoms in total. The van der Waals surface area contributed by atoms with Crippen LogP contribution < -0.4 is 14.5 Å². The highest BCUT2D eigenvalue weighted by molar-refractivity contribution is 7.89. The van der Waals surface area contributed by atoms with Crippen LogP contribution in [0.3, 0.4) is 0 Å². The number of halogens is 1. The molecule has 0 aliphatic carbocycles. The van der Waals surface area contributed by atoms with Crippen molar-refractivity contribution < 1.29 is 17.9 Å². The first kappa shape index (κ1) is 21.1. The first-order valence-corrected chi connectivity index (χ1v) is 11.6. The van der Waals surface area contributed by atoms with Gasteiger partial charge in [-0.1, -0.05) is 11.6 Å². The molecule has 0 N–H and O–H groups in total. The number of anilines is 2. The zero-order valence-corrected chi connectivity index (χ0v) is 18.3. The molecule has 1 aromatic heterocycles. The number of benzene rings is 1. The van der Waals surface area contributed by atoms with E-state index >= 15 is 0 Å². The quantitative estimate of drug-likeness (QED) is 0.672. The Bertz CT molecular complexity index is 975. The molecular weight excluding hydrogens is 430 g/mol. The third-order valence-electron chi connectivity index (χ3n) is 5.28. The van der Waals surface area contributed by atoms with Crippen LogP contribution in [0.4, 0.5) is 11.6 Å². The predicted molar refractivity (Wildman–Crippen MR) is 114 cm³/mol. The van der Waals surface area contributed by atoms with Crippen LogP contribution in [0.1, 0.15) is 0 Å². The second-order valence-electron chi connectivity index (χ2n) is 7.04. The van der Waals surface area contributed by atoms with E-state index in [2.05, 4.69) is 15.1 Å². The lowest BCUT2D eigenvalue weighted by molar-refractivity contribution is 0.122. The maximum atomic E-state index is 13.1. The summed E-state index contributed by atoms with van der Waals surface area (Å²) in [6.07, 6.45) is 0. The van der Waals surface area contributed by atoms with Gasteiger partial charge in [-0.15, -0.1) is 10.2 Å². The maximum absolute atomic E-state index is 13.1. The van der Waals surface area contributed by atoms with Crippen LogP contribution in [0.15, 0.2) is 35.2 Å². The van der Waals surface area contributed by atoms with Crippen molar-refractivity contribution in [2.24, 2.45) is 0 Å². The average Bonchev–Trinajstić information content (AvgIpc) is 2.80. The number of piperazine rings is 1. The summed E-state index contributed by atoms with van der Waals surface area (Å²) in [6, 6.07) is 8.49. The monoisotopic (exact) mass is 453 g/mol. The highest BCUT2D eigenvalue weighted by Crippen LogP contribution is 2.30. The van der Waals surface area contributed by atoms with Gasteiger partial charge in [0, 0.05) is 44.3 Å². The van der Waals surface area contributed by atoms with Crippen molar-refractivity contribution in [3.8, 4) is 5.75 Å². The zero-order valence-electron chi connectivity index (χ0n) is 16.7. The summed E-state index contributed by atoms with van der Waals surface area (Å²) in [5.41, 5.74) is 0. The number of aromatic nitrogens is 2. The van der Waals surface area contributed by atoms with Crippen LogP contribution in [-0.2, 0) is 14.8 Å². The molecular formula is C19H24ClN5O4S. The van der Waals surface area contributed by atoms with Crippen molar-refractivity contribution in [2.45, 2.75) is 4.90 Å². The van der Waals surface area contributed by atoms with Crippen LogP contribution in [0.5, 0.6) is 5.75 Å². The Morgan fingerprint density at radius 1 is 0.933 bits per heavy atom. The van der Waals surface area contributed by atoms with Crippen molar-refractivity contribution in [1.82, 2.24) is 14.5 Å². The number of sulfonamides is 1. The van der Waals surface area contributed by atoms with Crippen LogP contribution >= 0.6 is 11.6 Å². The Morgan fingerprint density at radius 2 is 1.53 bits per heavy atom. The molecule has 0 saturated carbocycles. The molecule has 30 heavy (non-hydrogen) atoms. The highest BCUT2D eigenvalue weighted by atomic mass is 35.5. The molecule has 3 heterocycles. The van der Waals surface area contributed by atoms with Crippen molar-refractivity contribution in [2.75, 3.05) is 69.4 Å². The third-order valence-corrected chi connectivity index (χ3v) is 7.43. The van der Waals surface area contributed by atoms with Gasteiger partial charge in [-0.25, -0.2) is 8.42 Å². The Balaban J connectivity index is 1.43. The standard InChI is InChI=1S/C19H24ClN5O4S/c1-28-16-3-2-15(20)14-17(16)30(26,27)25-8-6-23(7-9-25)18-4-5-19(22-21-18)24-10-12-29-13-11-24/h2-5,14H,6-13H2,1H3. The van der Waals surface area contributed by atoms with Gasteiger partial charge in [-0.05, 0) is 30.3 Å². The van der Waals surface area contributed by atoms with Crippen LogP contribution in [-0.4, -0.2) is 82.5 Å². The molecule has 162 valence electrons. The molecule has 2 saturated heterocycles. The van der Waals surface area contributed by atoms with E-state index in [9.17, 15) is 8.42 Å². The largest absolute Gasteiger partial charge is 0.495 e. The van der Waals surface area contributed by atoms with Gasteiger partial charge >= 0.3 is 0 Å². The number of hydrogen-bond donors (Lipinski definition) is 0. The van der Waals surface area contributed by atoms with Gasteiger partial charge in [0.15, 0.2) is 11.6 Å². The minimum absolute atomic E-state index is 0.0839. The normalized spacial score (nSPS) is 18.5. The average molecular weight is 454 g/mol. The van der Waals surface area contributed by atoms with Crippen LogP contribution in [0.2, 0.25) is 5.02 Å². The van der Waals surface area contributed by atoms with Gasteiger partial charge in [0.25, 0.3) is 0 Å². The molecule has 0 unspecified atom stereocenters. The van der Waals surface area contributed by atoms with E-state index in [1.807, 2.05) is 17.0 Å². The van der Waals surface area contributed by atoms with Gasteiger partial charge in [-0.3, -0.25) is 0 Å². The number of hydrogen-bond acceptors (Lipinski definition) is 8. The summed E-state index contributed by atoms with van der Waals surface area (Å²) in [7, 11) is -2.27. The first-order valence-electron chi connectivity index (χ1n) is 9.74. The summed E-state index contributed by atoms with van der Waals surface area (Å²) < 4.78 is 38.3. The fraction of sp³-hybridized carbons (Fsp3) is 0.474. The van der Waals surface area contributed by atoms with E-state index in [0.717, 1.165) is 24.7 Å². The minimum Gasteiger partial charge on any atom is -0.495 e. The van der Waals surface area contributed by atoms with Gasteiger partial charge < -0.3 is 19.3 Å². The fourth-order valence-corrected chi connectivity index (χ4v) is 5.44. The predicted octanol–water partition coefficient (Wildman–Crippen LogP) is 1.49. The Kier molecular flexibility index (Phi) is 6.28. The van der Waals surface area contributed by atoms with E-state index in [0.29, 0.717) is 44.4 Å². The second-order valence-corrected chi connectivity index (χ2v) is 9.38. The summed E-state index contributed by atoms with van der Waals surface area (Å²) in [4.78, 5) is 4.26. The summed E-state index contributed by atoms with van der Waals surface area (Å²) in [5, 5.41) is 9.04. The molecule has 2 fully saturated rings. The molecule has 0 spiro atoms. The topological polar surface area (TPSA) is 88.1 Å². The Hall–Kier alpha value is -2.14. The molecule has 2 aliphatic rings. The molecule has 2 aliphatic heterocycles. The van der Waals surface area contributed by atoms with Crippen molar-refractivity contribution >= 4 is 33.3 Å². The van der Waals surface area contributed by atoms with Crippen molar-refractivity contribution in [3.05, 3.63) is 35.4 Å². The third kappa shape index (κ3) is 4.31. The van der Waals surface area contributed by atoms with E-state index in [1.165, 1.54) is 17.5 Å². The molecule has 0 atom stereocenters. The minimum atomic E-state index is -3.71. The van der Waals surface area contributed by atoms with Gasteiger partial charge in [0.1, 0.15) is 10.6 Å². The first-order chi connectivity index (χ1) is 14.5. The van der Waals surface area contributed by atoms with E-state index in [-0.39, 0.29) is 10.6 Å². The van der Waals surface area contributed by atoms with Crippen LogP contribution in [0, 0.1) is 0 Å². The van der Waals surface area contributed by atoms with Crippen molar-refractivity contribution in [1.29, 1.82) is 0 Å². The molecule has 0 bridgehead atoms. The lowest BCUT2D eigenvalue weighted by atomic mass is 10.3. The molecule has 0 radical (unpaired) electrons. The van der Waals surface area contributed by atoms with Crippen molar-refractivity contribution in [3.63, 3.8) is 0 Å². The van der Waals surface area contributed by atoms with Gasteiger partial charge in [-0.2, -0.15) is 4.31 Å². The number of morpholine rings is 1.